The maximum Gasteiger partial charge on any atom is 0.0394 e. The molecule has 0 aliphatic rings. The van der Waals surface area contributed by atoms with Crippen molar-refractivity contribution in [2.45, 2.75) is 52.3 Å². The van der Waals surface area contributed by atoms with E-state index < -0.39 is 10.8 Å². The van der Waals surface area contributed by atoms with Gasteiger partial charge in [0.1, 0.15) is 0 Å². The van der Waals surface area contributed by atoms with Crippen LogP contribution in [0.15, 0.2) is 0 Å². The molecule has 3 atom stereocenters. The van der Waals surface area contributed by atoms with Gasteiger partial charge in [-0.3, -0.25) is 4.21 Å². The highest BCUT2D eigenvalue weighted by molar-refractivity contribution is 7.85. The number of rotatable bonds is 7. The van der Waals surface area contributed by atoms with E-state index in [0.29, 0.717) is 12.0 Å². The van der Waals surface area contributed by atoms with E-state index in [2.05, 4.69) is 26.1 Å². The van der Waals surface area contributed by atoms with Gasteiger partial charge in [-0.2, -0.15) is 0 Å². The van der Waals surface area contributed by atoms with Crippen molar-refractivity contribution in [1.29, 1.82) is 0 Å². The molecular formula is C11H25NOS. The summed E-state index contributed by atoms with van der Waals surface area (Å²) in [4.78, 5) is 0. The zero-order chi connectivity index (χ0) is 11.1. The molecule has 0 fully saturated rings. The Labute approximate surface area is 91.3 Å². The molecule has 0 aliphatic carbocycles. The molecule has 3 heteroatoms. The Morgan fingerprint density at radius 1 is 1.21 bits per heavy atom. The molecule has 0 bridgehead atoms. The second kappa shape index (κ2) is 7.41. The van der Waals surface area contributed by atoms with Gasteiger partial charge in [0.2, 0.25) is 0 Å². The third-order valence-corrected chi connectivity index (χ3v) is 4.41. The quantitative estimate of drug-likeness (QED) is 0.711. The molecular weight excluding hydrogens is 194 g/mol. The van der Waals surface area contributed by atoms with Crippen LogP contribution < -0.4 is 5.32 Å². The van der Waals surface area contributed by atoms with Crippen LogP contribution in [0.1, 0.15) is 41.0 Å². The minimum atomic E-state index is -0.688. The van der Waals surface area contributed by atoms with Gasteiger partial charge in [-0.05, 0) is 12.5 Å². The van der Waals surface area contributed by atoms with Gasteiger partial charge in [-0.15, -0.1) is 0 Å². The van der Waals surface area contributed by atoms with Crippen LogP contribution in [0.5, 0.6) is 0 Å². The average Bonchev–Trinajstić information content (AvgIpc) is 2.15. The lowest BCUT2D eigenvalue weighted by Gasteiger charge is -2.24. The minimum Gasteiger partial charge on any atom is -0.313 e. The highest BCUT2D eigenvalue weighted by Gasteiger charge is 2.18. The Bertz CT molecular complexity index is 171. The summed E-state index contributed by atoms with van der Waals surface area (Å²) in [6.45, 7) is 11.5. The van der Waals surface area contributed by atoms with Crippen molar-refractivity contribution in [2.75, 3.05) is 12.3 Å². The molecule has 0 aromatic rings. The Balaban J connectivity index is 4.15. The van der Waals surface area contributed by atoms with Crippen molar-refractivity contribution in [3.05, 3.63) is 0 Å². The highest BCUT2D eigenvalue weighted by atomic mass is 32.2. The topological polar surface area (TPSA) is 29.1 Å². The Hall–Kier alpha value is 0.110. The first kappa shape index (κ1) is 14.1. The lowest BCUT2D eigenvalue weighted by atomic mass is 10.0. The van der Waals surface area contributed by atoms with Crippen LogP contribution in [-0.4, -0.2) is 27.8 Å². The molecule has 1 N–H and O–H groups in total. The predicted octanol–water partition coefficient (Wildman–Crippen LogP) is 2.17. The van der Waals surface area contributed by atoms with Gasteiger partial charge in [0.15, 0.2) is 0 Å². The lowest BCUT2D eigenvalue weighted by Crippen LogP contribution is -2.40. The molecule has 0 rings (SSSR count). The fourth-order valence-electron chi connectivity index (χ4n) is 1.34. The minimum absolute atomic E-state index is 0.278. The van der Waals surface area contributed by atoms with Gasteiger partial charge >= 0.3 is 0 Å². The molecule has 2 nitrogen and oxygen atoms in total. The van der Waals surface area contributed by atoms with E-state index in [1.165, 1.54) is 0 Å². The summed E-state index contributed by atoms with van der Waals surface area (Å²) in [5, 5.41) is 3.70. The summed E-state index contributed by atoms with van der Waals surface area (Å²) in [5.74, 6) is 1.40. The molecule has 0 radical (unpaired) electrons. The van der Waals surface area contributed by atoms with E-state index in [1.807, 2.05) is 13.8 Å². The Morgan fingerprint density at radius 3 is 2.14 bits per heavy atom. The lowest BCUT2D eigenvalue weighted by molar-refractivity contribution is 0.401. The molecule has 3 unspecified atom stereocenters. The van der Waals surface area contributed by atoms with E-state index in [0.717, 1.165) is 18.7 Å². The van der Waals surface area contributed by atoms with Crippen molar-refractivity contribution in [2.24, 2.45) is 5.92 Å². The smallest absolute Gasteiger partial charge is 0.0394 e. The molecule has 0 aromatic carbocycles. The first-order valence-electron chi connectivity index (χ1n) is 5.63. The van der Waals surface area contributed by atoms with Gasteiger partial charge in [0, 0.05) is 27.8 Å². The third kappa shape index (κ3) is 5.11. The maximum atomic E-state index is 11.7. The molecule has 0 amide bonds. The summed E-state index contributed by atoms with van der Waals surface area (Å²) >= 11 is 0. The zero-order valence-electron chi connectivity index (χ0n) is 10.2. The van der Waals surface area contributed by atoms with Crippen molar-refractivity contribution in [3.8, 4) is 0 Å². The van der Waals surface area contributed by atoms with Gasteiger partial charge in [0.25, 0.3) is 0 Å². The largest absolute Gasteiger partial charge is 0.313 e. The molecule has 0 spiro atoms. The van der Waals surface area contributed by atoms with Gasteiger partial charge in [0.05, 0.1) is 0 Å². The van der Waals surface area contributed by atoms with E-state index in [4.69, 9.17) is 0 Å². The van der Waals surface area contributed by atoms with E-state index in [1.54, 1.807) is 0 Å². The van der Waals surface area contributed by atoms with Crippen LogP contribution in [0.25, 0.3) is 0 Å². The summed E-state index contributed by atoms with van der Waals surface area (Å²) in [6, 6.07) is 0.410. The summed E-state index contributed by atoms with van der Waals surface area (Å²) in [5.41, 5.74) is 0. The molecule has 14 heavy (non-hydrogen) atoms. The molecule has 0 heterocycles. The summed E-state index contributed by atoms with van der Waals surface area (Å²) in [7, 11) is -0.688. The highest BCUT2D eigenvalue weighted by Crippen LogP contribution is 2.10. The Kier molecular flexibility index (Phi) is 7.47. The fraction of sp³-hybridized carbons (Fsp3) is 1.00. The summed E-state index contributed by atoms with van der Waals surface area (Å²) in [6.07, 6.45) is 1.15. The van der Waals surface area contributed by atoms with E-state index in [-0.39, 0.29) is 5.25 Å². The zero-order valence-corrected chi connectivity index (χ0v) is 11.0. The van der Waals surface area contributed by atoms with Crippen LogP contribution in [0.3, 0.4) is 0 Å². The molecule has 86 valence electrons. The van der Waals surface area contributed by atoms with Gasteiger partial charge in [-0.1, -0.05) is 41.0 Å². The van der Waals surface area contributed by atoms with Crippen LogP contribution in [0.4, 0.5) is 0 Å². The SMILES string of the molecule is CCNC(CS(=O)C(C)C)C(C)CC. The second-order valence-electron chi connectivity index (χ2n) is 4.15. The second-order valence-corrected chi connectivity index (χ2v) is 6.18. The van der Waals surface area contributed by atoms with E-state index in [9.17, 15) is 4.21 Å². The standard InChI is InChI=1S/C11H25NOS/c1-6-10(5)11(12-7-2)8-14(13)9(3)4/h9-12H,6-8H2,1-5H3. The van der Waals surface area contributed by atoms with Crippen LogP contribution in [0.2, 0.25) is 0 Å². The maximum absolute atomic E-state index is 11.7. The average molecular weight is 219 g/mol. The first-order chi connectivity index (χ1) is 6.52. The van der Waals surface area contributed by atoms with Crippen LogP contribution in [0, 0.1) is 5.92 Å². The normalized spacial score (nSPS) is 18.1. The third-order valence-electron chi connectivity index (χ3n) is 2.67. The van der Waals surface area contributed by atoms with Crippen molar-refractivity contribution >= 4 is 10.8 Å². The molecule has 0 saturated carbocycles. The number of hydrogen-bond acceptors (Lipinski definition) is 2. The fourth-order valence-corrected chi connectivity index (χ4v) is 2.53. The van der Waals surface area contributed by atoms with Gasteiger partial charge in [-0.25, -0.2) is 0 Å². The number of nitrogens with one attached hydrogen (secondary N) is 1. The van der Waals surface area contributed by atoms with Crippen molar-refractivity contribution in [1.82, 2.24) is 5.32 Å². The van der Waals surface area contributed by atoms with Crippen molar-refractivity contribution < 1.29 is 4.21 Å². The van der Waals surface area contributed by atoms with Gasteiger partial charge < -0.3 is 5.32 Å². The Morgan fingerprint density at radius 2 is 1.79 bits per heavy atom. The molecule has 0 saturated heterocycles. The van der Waals surface area contributed by atoms with E-state index >= 15 is 0 Å². The monoisotopic (exact) mass is 219 g/mol. The predicted molar refractivity (Wildman–Crippen MR) is 65.1 cm³/mol. The number of hydrogen-bond donors (Lipinski definition) is 1. The van der Waals surface area contributed by atoms with Crippen LogP contribution >= 0.6 is 0 Å². The molecule has 0 aliphatic heterocycles. The van der Waals surface area contributed by atoms with Crippen molar-refractivity contribution in [3.63, 3.8) is 0 Å². The van der Waals surface area contributed by atoms with Crippen LogP contribution in [-0.2, 0) is 10.8 Å². The summed E-state index contributed by atoms with van der Waals surface area (Å²) < 4.78 is 11.7. The molecule has 0 aromatic heterocycles. The first-order valence-corrected chi connectivity index (χ1v) is 7.01.